The van der Waals surface area contributed by atoms with Gasteiger partial charge in [0.15, 0.2) is 0 Å². The second-order valence-corrected chi connectivity index (χ2v) is 8.43. The highest BCUT2D eigenvalue weighted by Crippen LogP contribution is 2.33. The lowest BCUT2D eigenvalue weighted by Crippen LogP contribution is -2.41. The Hall–Kier alpha value is -3.48. The van der Waals surface area contributed by atoms with E-state index in [0.717, 1.165) is 11.6 Å². The number of halogens is 4. The molecule has 1 fully saturated rings. The second-order valence-electron chi connectivity index (χ2n) is 8.43. The van der Waals surface area contributed by atoms with Crippen molar-refractivity contribution in [2.75, 3.05) is 13.1 Å². The van der Waals surface area contributed by atoms with Crippen molar-refractivity contribution >= 4 is 11.7 Å². The number of nitrogens with zero attached hydrogens (tertiary/aromatic N) is 1. The molecule has 3 aromatic rings. The van der Waals surface area contributed by atoms with E-state index in [1.54, 1.807) is 36.4 Å². The lowest BCUT2D eigenvalue weighted by Gasteiger charge is -2.32. The van der Waals surface area contributed by atoms with Crippen molar-refractivity contribution in [3.05, 3.63) is 95.3 Å². The third-order valence-corrected chi connectivity index (χ3v) is 6.19. The number of piperidine rings is 1. The van der Waals surface area contributed by atoms with Crippen molar-refractivity contribution in [1.29, 1.82) is 0 Å². The largest absolute Gasteiger partial charge is 0.417 e. The van der Waals surface area contributed by atoms with Crippen molar-refractivity contribution in [2.24, 2.45) is 5.92 Å². The first kappa shape index (κ1) is 23.7. The Labute approximate surface area is 195 Å². The molecule has 1 saturated heterocycles. The van der Waals surface area contributed by atoms with Crippen LogP contribution in [0, 0.1) is 11.7 Å². The summed E-state index contributed by atoms with van der Waals surface area (Å²) in [6.45, 7) is 0.438. The van der Waals surface area contributed by atoms with Crippen molar-refractivity contribution in [1.82, 2.24) is 4.90 Å². The number of benzene rings is 3. The van der Waals surface area contributed by atoms with Crippen LogP contribution < -0.4 is 0 Å². The summed E-state index contributed by atoms with van der Waals surface area (Å²) in [5, 5.41) is 0. The number of carbonyl (C=O) groups excluding carboxylic acids is 2. The smallest absolute Gasteiger partial charge is 0.339 e. The molecule has 1 amide bonds. The summed E-state index contributed by atoms with van der Waals surface area (Å²) in [7, 11) is 0. The Bertz CT molecular complexity index is 1200. The lowest BCUT2D eigenvalue weighted by molar-refractivity contribution is -0.138. The van der Waals surface area contributed by atoms with Crippen LogP contribution in [0.1, 0.15) is 34.3 Å². The van der Waals surface area contributed by atoms with Gasteiger partial charge in [-0.2, -0.15) is 13.2 Å². The van der Waals surface area contributed by atoms with Gasteiger partial charge in [0.25, 0.3) is 5.91 Å². The van der Waals surface area contributed by atoms with E-state index in [1.165, 1.54) is 29.2 Å². The molecule has 3 aromatic carbocycles. The van der Waals surface area contributed by atoms with Gasteiger partial charge in [-0.1, -0.05) is 54.6 Å². The van der Waals surface area contributed by atoms with Gasteiger partial charge in [-0.15, -0.1) is 0 Å². The van der Waals surface area contributed by atoms with E-state index in [-0.39, 0.29) is 42.6 Å². The molecule has 176 valence electrons. The molecule has 0 bridgehead atoms. The zero-order valence-electron chi connectivity index (χ0n) is 18.3. The van der Waals surface area contributed by atoms with Crippen molar-refractivity contribution in [3.8, 4) is 11.1 Å². The van der Waals surface area contributed by atoms with Crippen molar-refractivity contribution in [3.63, 3.8) is 0 Å². The van der Waals surface area contributed by atoms with Crippen LogP contribution in [-0.4, -0.2) is 29.7 Å². The topological polar surface area (TPSA) is 37.4 Å². The van der Waals surface area contributed by atoms with Crippen LogP contribution in [0.15, 0.2) is 72.8 Å². The van der Waals surface area contributed by atoms with Crippen LogP contribution >= 0.6 is 0 Å². The van der Waals surface area contributed by atoms with Gasteiger partial charge in [0.05, 0.1) is 11.1 Å². The number of alkyl halides is 3. The molecule has 1 aliphatic heterocycles. The molecule has 0 aromatic heterocycles. The number of carbonyl (C=O) groups is 2. The second kappa shape index (κ2) is 9.79. The van der Waals surface area contributed by atoms with Crippen LogP contribution in [0.5, 0.6) is 0 Å². The summed E-state index contributed by atoms with van der Waals surface area (Å²) in [6.07, 6.45) is -3.65. The zero-order valence-corrected chi connectivity index (χ0v) is 18.3. The fourth-order valence-electron chi connectivity index (χ4n) is 4.38. The molecule has 0 saturated carbocycles. The van der Waals surface area contributed by atoms with Gasteiger partial charge in [-0.05, 0) is 42.2 Å². The minimum Gasteiger partial charge on any atom is -0.339 e. The van der Waals surface area contributed by atoms with E-state index < -0.39 is 17.6 Å². The molecule has 0 aliphatic carbocycles. The van der Waals surface area contributed by atoms with E-state index >= 15 is 0 Å². The highest BCUT2D eigenvalue weighted by atomic mass is 19.4. The Morgan fingerprint density at radius 2 is 1.56 bits per heavy atom. The maximum atomic E-state index is 14.1. The summed E-state index contributed by atoms with van der Waals surface area (Å²) in [5.41, 5.74) is 0.593. The van der Waals surface area contributed by atoms with Crippen LogP contribution in [0.3, 0.4) is 0 Å². The highest BCUT2D eigenvalue weighted by molar-refractivity contribution is 5.96. The van der Waals surface area contributed by atoms with Crippen molar-refractivity contribution < 1.29 is 27.2 Å². The number of amides is 1. The lowest BCUT2D eigenvalue weighted by atomic mass is 9.88. The van der Waals surface area contributed by atoms with E-state index in [1.807, 2.05) is 6.07 Å². The molecular formula is C27H23F4NO2. The number of rotatable bonds is 5. The monoisotopic (exact) mass is 469 g/mol. The van der Waals surface area contributed by atoms with Gasteiger partial charge >= 0.3 is 6.18 Å². The predicted octanol–water partition coefficient (Wildman–Crippen LogP) is 6.18. The quantitative estimate of drug-likeness (QED) is 0.419. The molecule has 0 spiro atoms. The SMILES string of the molecule is O=C(Cc1cccc(-c2ccccc2F)c1)C1CCN(C(=O)c2ccccc2C(F)(F)F)CC1. The normalized spacial score (nSPS) is 14.8. The van der Waals surface area contributed by atoms with Gasteiger partial charge < -0.3 is 4.90 Å². The van der Waals surface area contributed by atoms with Gasteiger partial charge in [-0.3, -0.25) is 9.59 Å². The maximum absolute atomic E-state index is 14.1. The van der Waals surface area contributed by atoms with E-state index in [0.29, 0.717) is 24.0 Å². The van der Waals surface area contributed by atoms with E-state index in [9.17, 15) is 27.2 Å². The molecule has 0 N–H and O–H groups in total. The first-order valence-corrected chi connectivity index (χ1v) is 11.1. The Balaban J connectivity index is 1.39. The van der Waals surface area contributed by atoms with E-state index in [2.05, 4.69) is 0 Å². The Kier molecular flexibility index (Phi) is 6.82. The summed E-state index contributed by atoms with van der Waals surface area (Å²) in [5.74, 6) is -1.28. The van der Waals surface area contributed by atoms with Crippen LogP contribution in [-0.2, 0) is 17.4 Å². The molecule has 1 aliphatic rings. The molecule has 34 heavy (non-hydrogen) atoms. The fraction of sp³-hybridized carbons (Fsp3) is 0.259. The van der Waals surface area contributed by atoms with Crippen LogP contribution in [0.25, 0.3) is 11.1 Å². The number of likely N-dealkylation sites (tertiary alicyclic amines) is 1. The van der Waals surface area contributed by atoms with E-state index in [4.69, 9.17) is 0 Å². The predicted molar refractivity (Wildman–Crippen MR) is 121 cm³/mol. The third-order valence-electron chi connectivity index (χ3n) is 6.19. The summed E-state index contributed by atoms with van der Waals surface area (Å²) in [6, 6.07) is 18.4. The van der Waals surface area contributed by atoms with Gasteiger partial charge in [0, 0.05) is 31.0 Å². The molecule has 0 unspecified atom stereocenters. The van der Waals surface area contributed by atoms with Crippen molar-refractivity contribution in [2.45, 2.75) is 25.4 Å². The zero-order chi connectivity index (χ0) is 24.3. The summed E-state index contributed by atoms with van der Waals surface area (Å²) < 4.78 is 53.9. The van der Waals surface area contributed by atoms with Gasteiger partial charge in [0.2, 0.25) is 0 Å². The average molecular weight is 469 g/mol. The first-order chi connectivity index (χ1) is 16.2. The molecule has 7 heteroatoms. The third kappa shape index (κ3) is 5.19. The average Bonchev–Trinajstić information content (AvgIpc) is 2.83. The number of hydrogen-bond donors (Lipinski definition) is 0. The Morgan fingerprint density at radius 3 is 2.26 bits per heavy atom. The summed E-state index contributed by atoms with van der Waals surface area (Å²) in [4.78, 5) is 27.0. The fourth-order valence-corrected chi connectivity index (χ4v) is 4.38. The molecule has 1 heterocycles. The van der Waals surface area contributed by atoms with Gasteiger partial charge in [-0.25, -0.2) is 4.39 Å². The van der Waals surface area contributed by atoms with Crippen LogP contribution in [0.4, 0.5) is 17.6 Å². The number of Topliss-reactive ketones (excluding diaryl/α,β-unsaturated/α-hetero) is 1. The Morgan fingerprint density at radius 1 is 0.882 bits per heavy atom. The molecule has 0 radical (unpaired) electrons. The number of hydrogen-bond acceptors (Lipinski definition) is 2. The number of ketones is 1. The maximum Gasteiger partial charge on any atom is 0.417 e. The molecule has 4 rings (SSSR count). The molecule has 3 nitrogen and oxygen atoms in total. The van der Waals surface area contributed by atoms with Gasteiger partial charge in [0.1, 0.15) is 11.6 Å². The minimum absolute atomic E-state index is 0.00785. The summed E-state index contributed by atoms with van der Waals surface area (Å²) >= 11 is 0. The molecular weight excluding hydrogens is 446 g/mol. The first-order valence-electron chi connectivity index (χ1n) is 11.1. The molecule has 0 atom stereocenters. The minimum atomic E-state index is -4.61. The van der Waals surface area contributed by atoms with Crippen LogP contribution in [0.2, 0.25) is 0 Å². The highest BCUT2D eigenvalue weighted by Gasteiger charge is 2.37. The standard InChI is InChI=1S/C27H23F4NO2/c28-24-11-4-2-8-21(24)20-7-5-6-18(16-20)17-25(33)19-12-14-32(15-13-19)26(34)22-9-1-3-10-23(22)27(29,30)31/h1-11,16,19H,12-15,17H2.